The number of carbonyl (C=O) groups excluding carboxylic acids is 1. The smallest absolute Gasteiger partial charge is 0.200 e. The van der Waals surface area contributed by atoms with Gasteiger partial charge in [0.15, 0.2) is 17.4 Å². The van der Waals surface area contributed by atoms with E-state index in [-0.39, 0.29) is 153 Å². The summed E-state index contributed by atoms with van der Waals surface area (Å²) in [5.74, 6) is -4.12. The molecule has 0 aromatic rings. The van der Waals surface area contributed by atoms with Crippen LogP contribution in [0.3, 0.4) is 0 Å². The molecule has 17 aliphatic rings. The normalized spacial score (nSPS) is 58.7. The highest BCUT2D eigenvalue weighted by molar-refractivity contribution is 5.79. The molecule has 17 heterocycles. The highest BCUT2D eigenvalue weighted by Gasteiger charge is 2.75. The Kier molecular flexibility index (Phi) is 13.1. The molecule has 0 aromatic heterocycles. The number of Topliss-reactive ketones (excluding diaryl/α,β-unsaturated/α-hetero) is 1. The average molecular weight is 1110 g/mol. The number of hydrogen-bond donors (Lipinski definition) is 3. The zero-order valence-electron chi connectivity index (χ0n) is 45.9. The molecule has 19 nitrogen and oxygen atoms in total. The van der Waals surface area contributed by atoms with Gasteiger partial charge in [-0.3, -0.25) is 4.79 Å². The molecule has 0 aromatic carbocycles. The Morgan fingerprint density at radius 2 is 1.29 bits per heavy atom. The van der Waals surface area contributed by atoms with Crippen LogP contribution < -0.4 is 0 Å². The summed E-state index contributed by atoms with van der Waals surface area (Å²) >= 11 is 0. The molecule has 3 spiro atoms. The Balaban J connectivity index is 0.617. The van der Waals surface area contributed by atoms with Crippen LogP contribution in [0.2, 0.25) is 0 Å². The molecule has 17 fully saturated rings. The lowest BCUT2D eigenvalue weighted by molar-refractivity contribution is -0.363. The molecule has 0 radical (unpaired) electrons. The van der Waals surface area contributed by atoms with Gasteiger partial charge in [-0.1, -0.05) is 27.0 Å². The van der Waals surface area contributed by atoms with Crippen LogP contribution >= 0.6 is 0 Å². The monoisotopic (exact) mass is 1110 g/mol. The molecule has 31 atom stereocenters. The predicted molar refractivity (Wildman–Crippen MR) is 272 cm³/mol. The van der Waals surface area contributed by atoms with Crippen molar-refractivity contribution in [1.29, 1.82) is 0 Å². The Labute approximate surface area is 462 Å². The van der Waals surface area contributed by atoms with Gasteiger partial charge in [-0.25, -0.2) is 0 Å². The van der Waals surface area contributed by atoms with Crippen LogP contribution in [-0.2, 0) is 75.8 Å². The maximum absolute atomic E-state index is 14.7. The first-order valence-electron chi connectivity index (χ1n) is 30.9. The van der Waals surface area contributed by atoms with Gasteiger partial charge < -0.3 is 86.4 Å². The van der Waals surface area contributed by atoms with Crippen molar-refractivity contribution < 1.29 is 91.2 Å². The summed E-state index contributed by atoms with van der Waals surface area (Å²) in [6.07, 6.45) is 5.44. The minimum absolute atomic E-state index is 0.00418. The van der Waals surface area contributed by atoms with Crippen LogP contribution in [0.15, 0.2) is 24.3 Å². The van der Waals surface area contributed by atoms with Crippen LogP contribution in [0.5, 0.6) is 0 Å². The van der Waals surface area contributed by atoms with Crippen molar-refractivity contribution in [3.05, 3.63) is 24.3 Å². The molecule has 0 saturated carbocycles. The van der Waals surface area contributed by atoms with Crippen LogP contribution in [0.1, 0.15) is 142 Å². The summed E-state index contributed by atoms with van der Waals surface area (Å²) < 4.78 is 103. The topological polar surface area (TPSA) is 216 Å². The van der Waals surface area contributed by atoms with Gasteiger partial charge in [0.25, 0.3) is 0 Å². The quantitative estimate of drug-likeness (QED) is 0.320. The van der Waals surface area contributed by atoms with E-state index in [1.165, 1.54) is 0 Å². The molecule has 17 saturated heterocycles. The van der Waals surface area contributed by atoms with Crippen LogP contribution in [0, 0.1) is 23.7 Å². The van der Waals surface area contributed by atoms with E-state index in [0.717, 1.165) is 43.3 Å². The van der Waals surface area contributed by atoms with Crippen molar-refractivity contribution in [2.75, 3.05) is 13.2 Å². The summed E-state index contributed by atoms with van der Waals surface area (Å²) in [6, 6.07) is 0. The summed E-state index contributed by atoms with van der Waals surface area (Å²) in [5.41, 5.74) is 2.17. The van der Waals surface area contributed by atoms with E-state index < -0.39 is 59.8 Å². The fraction of sp³-hybridized carbons (Fsp3) is 0.917. The number of rotatable bonds is 2. The Bertz CT molecular complexity index is 2390. The Morgan fingerprint density at radius 1 is 0.544 bits per heavy atom. The van der Waals surface area contributed by atoms with Gasteiger partial charge in [0.2, 0.25) is 5.79 Å². The zero-order valence-corrected chi connectivity index (χ0v) is 45.9. The maximum atomic E-state index is 14.7. The third kappa shape index (κ3) is 8.96. The average Bonchev–Trinajstić information content (AvgIpc) is 3.42. The number of aliphatic hydroxyl groups is 3. The van der Waals surface area contributed by atoms with E-state index in [0.29, 0.717) is 90.1 Å². The summed E-state index contributed by atoms with van der Waals surface area (Å²) in [4.78, 5) is 14.7. The Hall–Kier alpha value is -1.57. The van der Waals surface area contributed by atoms with E-state index >= 15 is 0 Å². The first-order chi connectivity index (χ1) is 38.1. The van der Waals surface area contributed by atoms with Crippen LogP contribution in [-0.4, -0.2) is 198 Å². The molecule has 17 rings (SSSR count). The molecule has 79 heavy (non-hydrogen) atoms. The fourth-order valence-corrected chi connectivity index (χ4v) is 18.7. The fourth-order valence-electron chi connectivity index (χ4n) is 18.7. The number of fused-ring (bicyclic) bond motifs is 11. The van der Waals surface area contributed by atoms with Crippen LogP contribution in [0.25, 0.3) is 0 Å². The number of ketones is 1. The van der Waals surface area contributed by atoms with E-state index in [2.05, 4.69) is 27.0 Å². The molecule has 17 aliphatic heterocycles. The SMILES string of the molecule is C=C1C[C@@H]2CC[C@@]34C[C@]5(O)O[C@H]6[C@@H](O3)[C@H]3O[C@H](CC[C@@H]3O[C@H]6C5O4)CC(=O)C[C@@H]3C[C@@H]4O[C@@H]5C[C@]6(C[C@@H]7O[C@@]8(CC[C@@H]7O6)C[C@H](C)[C@@H]6O[C@@H]7[C@@H]([C@@H](O)CO)CO[C@@H]7C[C@@H]6O8)O[C@@H]5C[C@@H]4O[C@H]3C[C@H]3O[C@@H](CC[C@@H]1O2)C[C@@H](C)C3=C. The second-order valence-corrected chi connectivity index (χ2v) is 27.8. The second-order valence-electron chi connectivity index (χ2n) is 27.8. The van der Waals surface area contributed by atoms with E-state index in [1.807, 2.05) is 0 Å². The summed E-state index contributed by atoms with van der Waals surface area (Å²) in [5, 5.41) is 32.1. The van der Waals surface area contributed by atoms with E-state index in [4.69, 9.17) is 71.1 Å². The van der Waals surface area contributed by atoms with Gasteiger partial charge >= 0.3 is 0 Å². The first-order valence-corrected chi connectivity index (χ1v) is 30.9. The molecule has 3 N–H and O–H groups in total. The molecule has 0 aliphatic carbocycles. The number of aliphatic hydroxyl groups excluding tert-OH is 2. The third-order valence-corrected chi connectivity index (χ3v) is 22.5. The third-order valence-electron chi connectivity index (χ3n) is 22.5. The molecular formula is C60H84O19. The first kappa shape index (κ1) is 52.9. The lowest BCUT2D eigenvalue weighted by Gasteiger charge is -2.53. The zero-order chi connectivity index (χ0) is 53.5. The highest BCUT2D eigenvalue weighted by atomic mass is 16.8. The summed E-state index contributed by atoms with van der Waals surface area (Å²) in [6.45, 7) is 13.6. The molecule has 12 bridgehead atoms. The standard InChI is InChI=1S/C60H84O19/c1-27-13-33-5-7-38-28(2)14-35(66-38)9-11-58-26-60(64)56(79-58)55-54(78-60)53(77-58)52-40(71-55)8-6-34(68-52)17-32(62)15-31-16-43-44(69-42(31)18-41(67-33)30(27)4)19-45-48(70-43)22-59(74-45)23-49-39(73-59)10-12-57(76-49)21-29(3)50-47(75-57)20-46-51(72-50)36(25-65-46)37(63)24-61/h27,29,31,33-56,61,63-64H,2,4-26H2,1,3H3/t27-,29+,31-,33+,34-,35+,36-,37+,38+,39+,40+,41-,42+,43+,44+,45-,46-,47+,48-,49+,50+,51-,52+,53+,54+,55-,56?,57+,58-,59-,60+/m1/s1. The molecule has 438 valence electrons. The van der Waals surface area contributed by atoms with Gasteiger partial charge in [-0.2, -0.15) is 0 Å². The second kappa shape index (κ2) is 19.5. The lowest BCUT2D eigenvalue weighted by atomic mass is 9.78. The predicted octanol–water partition coefficient (Wildman–Crippen LogP) is 4.68. The molecular weight excluding hydrogens is 1020 g/mol. The van der Waals surface area contributed by atoms with Crippen molar-refractivity contribution in [3.8, 4) is 0 Å². The van der Waals surface area contributed by atoms with Crippen molar-refractivity contribution in [1.82, 2.24) is 0 Å². The van der Waals surface area contributed by atoms with Gasteiger partial charge in [-0.05, 0) is 86.7 Å². The maximum Gasteiger partial charge on any atom is 0.200 e. The van der Waals surface area contributed by atoms with Crippen LogP contribution in [0.4, 0.5) is 0 Å². The van der Waals surface area contributed by atoms with E-state index in [9.17, 15) is 20.1 Å². The van der Waals surface area contributed by atoms with Crippen molar-refractivity contribution in [3.63, 3.8) is 0 Å². The van der Waals surface area contributed by atoms with Crippen molar-refractivity contribution >= 4 is 5.78 Å². The minimum Gasteiger partial charge on any atom is -0.394 e. The van der Waals surface area contributed by atoms with Gasteiger partial charge in [0, 0.05) is 70.1 Å². The van der Waals surface area contributed by atoms with Gasteiger partial charge in [-0.15, -0.1) is 0 Å². The van der Waals surface area contributed by atoms with Crippen molar-refractivity contribution in [2.24, 2.45) is 23.7 Å². The molecule has 1 unspecified atom stereocenters. The lowest BCUT2D eigenvalue weighted by Crippen LogP contribution is -2.61. The number of ether oxygens (including phenoxy) is 15. The Morgan fingerprint density at radius 3 is 2.18 bits per heavy atom. The molecule has 0 amide bonds. The largest absolute Gasteiger partial charge is 0.394 e. The van der Waals surface area contributed by atoms with Gasteiger partial charge in [0.05, 0.1) is 130 Å². The van der Waals surface area contributed by atoms with Crippen molar-refractivity contribution in [2.45, 2.75) is 306 Å². The van der Waals surface area contributed by atoms with E-state index in [1.54, 1.807) is 0 Å². The number of carbonyl (C=O) groups is 1. The minimum atomic E-state index is -1.52. The highest BCUT2D eigenvalue weighted by Crippen LogP contribution is 2.59. The summed E-state index contributed by atoms with van der Waals surface area (Å²) in [7, 11) is 0. The van der Waals surface area contributed by atoms with Gasteiger partial charge in [0.1, 0.15) is 36.3 Å². The number of hydrogen-bond acceptors (Lipinski definition) is 19. The molecule has 19 heteroatoms.